The maximum absolute atomic E-state index is 12.9. The van der Waals surface area contributed by atoms with E-state index in [4.69, 9.17) is 4.98 Å². The van der Waals surface area contributed by atoms with E-state index in [0.717, 1.165) is 48.6 Å². The summed E-state index contributed by atoms with van der Waals surface area (Å²) in [7, 11) is 0. The van der Waals surface area contributed by atoms with Crippen LogP contribution in [0.15, 0.2) is 58.2 Å². The van der Waals surface area contributed by atoms with Crippen LogP contribution in [0, 0.1) is 0 Å². The summed E-state index contributed by atoms with van der Waals surface area (Å²) >= 11 is 3.33. The van der Waals surface area contributed by atoms with E-state index >= 15 is 0 Å². The minimum absolute atomic E-state index is 0.139. The summed E-state index contributed by atoms with van der Waals surface area (Å²) in [5.41, 5.74) is 2.07. The highest BCUT2D eigenvalue weighted by atomic mass is 32.2. The van der Waals surface area contributed by atoms with Gasteiger partial charge in [-0.05, 0) is 24.3 Å². The Bertz CT molecular complexity index is 1040. The molecule has 0 amide bonds. The molecule has 0 saturated heterocycles. The van der Waals surface area contributed by atoms with Crippen molar-refractivity contribution >= 4 is 44.1 Å². The first-order valence-electron chi connectivity index (χ1n) is 7.66. The molecule has 2 nitrogen and oxygen atoms in total. The highest BCUT2D eigenvalue weighted by Gasteiger charge is 2.20. The van der Waals surface area contributed by atoms with Gasteiger partial charge in [-0.2, -0.15) is 0 Å². The molecule has 0 fully saturated rings. The highest BCUT2D eigenvalue weighted by Crippen LogP contribution is 2.40. The third-order valence-electron chi connectivity index (χ3n) is 3.81. The van der Waals surface area contributed by atoms with Crippen LogP contribution < -0.4 is 5.43 Å². The van der Waals surface area contributed by atoms with Gasteiger partial charge in [0.25, 0.3) is 0 Å². The average molecular weight is 337 g/mol. The molecule has 0 radical (unpaired) electrons. The van der Waals surface area contributed by atoms with Crippen LogP contribution in [0.4, 0.5) is 0 Å². The molecule has 1 heterocycles. The predicted molar refractivity (Wildman–Crippen MR) is 101 cm³/mol. The summed E-state index contributed by atoms with van der Waals surface area (Å²) in [6.07, 6.45) is 1.05. The van der Waals surface area contributed by atoms with Crippen molar-refractivity contribution in [3.8, 4) is 10.6 Å². The molecule has 114 valence electrons. The largest absolute Gasteiger partial charge is 0.288 e. The molecule has 23 heavy (non-hydrogen) atoms. The van der Waals surface area contributed by atoms with E-state index in [1.807, 2.05) is 42.5 Å². The molecule has 1 aliphatic carbocycles. The first-order chi connectivity index (χ1) is 11.3. The second-order valence-electron chi connectivity index (χ2n) is 5.41. The molecular formula is C19H15NOS2. The van der Waals surface area contributed by atoms with Gasteiger partial charge in [-0.15, -0.1) is 23.1 Å². The van der Waals surface area contributed by atoms with Crippen molar-refractivity contribution < 1.29 is 0 Å². The van der Waals surface area contributed by atoms with Crippen LogP contribution in [0.5, 0.6) is 0 Å². The van der Waals surface area contributed by atoms with Crippen LogP contribution in [0.25, 0.3) is 31.6 Å². The Labute approximate surface area is 142 Å². The van der Waals surface area contributed by atoms with Crippen molar-refractivity contribution in [2.75, 3.05) is 5.75 Å². The van der Waals surface area contributed by atoms with E-state index in [9.17, 15) is 4.79 Å². The molecule has 0 aromatic heterocycles. The minimum Gasteiger partial charge on any atom is -0.288 e. The second-order valence-corrected chi connectivity index (χ2v) is 7.57. The number of hydrogen-bond acceptors (Lipinski definition) is 4. The standard InChI is InChI=1S/C19H15NOS2/c1-2-11-22-19-17(21)13-8-4-3-7-12(13)16-18(19)23-15-10-6-5-9-14(15)20-16/h3-10H,2,11H2,1H3. The topological polar surface area (TPSA) is 30.0 Å². The van der Waals surface area contributed by atoms with E-state index in [0.29, 0.717) is 0 Å². The molecule has 0 atom stereocenters. The summed E-state index contributed by atoms with van der Waals surface area (Å²) in [6.45, 7) is 2.14. The molecule has 0 spiro atoms. The van der Waals surface area contributed by atoms with Gasteiger partial charge in [0, 0.05) is 10.8 Å². The van der Waals surface area contributed by atoms with Gasteiger partial charge in [0.2, 0.25) is 5.43 Å². The zero-order chi connectivity index (χ0) is 15.8. The zero-order valence-electron chi connectivity index (χ0n) is 12.7. The number of thioether (sulfide) groups is 1. The first-order valence-corrected chi connectivity index (χ1v) is 9.47. The van der Waals surface area contributed by atoms with Crippen LogP contribution in [0.1, 0.15) is 13.3 Å². The van der Waals surface area contributed by atoms with E-state index in [1.165, 1.54) is 0 Å². The Morgan fingerprint density at radius 1 is 1.04 bits per heavy atom. The molecule has 2 aromatic carbocycles. The highest BCUT2D eigenvalue weighted by molar-refractivity contribution is 7.99. The van der Waals surface area contributed by atoms with Crippen molar-refractivity contribution in [2.24, 2.45) is 0 Å². The number of aromatic nitrogens is 1. The minimum atomic E-state index is 0.139. The average Bonchev–Trinajstić information content (AvgIpc) is 2.60. The fourth-order valence-electron chi connectivity index (χ4n) is 2.75. The van der Waals surface area contributed by atoms with Crippen LogP contribution in [-0.4, -0.2) is 10.7 Å². The van der Waals surface area contributed by atoms with Gasteiger partial charge >= 0.3 is 0 Å². The second kappa shape index (κ2) is 5.95. The Morgan fingerprint density at radius 3 is 2.61 bits per heavy atom. The predicted octanol–water partition coefficient (Wildman–Crippen LogP) is 5.42. The number of hydrogen-bond donors (Lipinski definition) is 0. The van der Waals surface area contributed by atoms with Gasteiger partial charge in [0.15, 0.2) is 0 Å². The van der Waals surface area contributed by atoms with Crippen molar-refractivity contribution in [3.63, 3.8) is 0 Å². The fraction of sp³-hybridized carbons (Fsp3) is 0.158. The Balaban J connectivity index is 2.18. The lowest BCUT2D eigenvalue weighted by Gasteiger charge is -2.14. The molecule has 0 unspecified atom stereocenters. The number of fused-ring (bicyclic) bond motifs is 4. The van der Waals surface area contributed by atoms with E-state index < -0.39 is 0 Å². The van der Waals surface area contributed by atoms with E-state index in [1.54, 1.807) is 23.1 Å². The molecule has 2 aliphatic rings. The van der Waals surface area contributed by atoms with Gasteiger partial charge in [-0.1, -0.05) is 43.3 Å². The molecule has 2 aromatic rings. The fourth-order valence-corrected chi connectivity index (χ4v) is 4.95. The molecular weight excluding hydrogens is 322 g/mol. The number of nitrogens with zero attached hydrogens (tertiary/aromatic N) is 1. The van der Waals surface area contributed by atoms with Gasteiger partial charge in [0.05, 0.1) is 25.7 Å². The molecule has 0 saturated carbocycles. The molecule has 4 heteroatoms. The number of benzene rings is 3. The summed E-state index contributed by atoms with van der Waals surface area (Å²) in [5.74, 6) is 0.947. The quantitative estimate of drug-likeness (QED) is 0.284. The molecule has 0 bridgehead atoms. The number of rotatable bonds is 3. The summed E-state index contributed by atoms with van der Waals surface area (Å²) in [5, 5.41) is 1.73. The Morgan fingerprint density at radius 2 is 1.78 bits per heavy atom. The maximum atomic E-state index is 12.9. The van der Waals surface area contributed by atoms with Crippen molar-refractivity contribution in [1.82, 2.24) is 4.98 Å². The lowest BCUT2D eigenvalue weighted by atomic mass is 10.1. The van der Waals surface area contributed by atoms with Crippen LogP contribution in [-0.2, 0) is 0 Å². The SMILES string of the molecule is CCCSc1c2sc3ccccc3nc-2c2ccccc2c1=O. The lowest BCUT2D eigenvalue weighted by molar-refractivity contribution is 1.10. The van der Waals surface area contributed by atoms with Crippen LogP contribution >= 0.6 is 23.1 Å². The molecule has 0 N–H and O–H groups in total. The van der Waals surface area contributed by atoms with Gasteiger partial charge in [-0.25, -0.2) is 4.98 Å². The number of para-hydroxylation sites is 1. The molecule has 1 aliphatic heterocycles. The third kappa shape index (κ3) is 2.42. The summed E-state index contributed by atoms with van der Waals surface area (Å²) in [4.78, 5) is 19.7. The van der Waals surface area contributed by atoms with Crippen LogP contribution in [0.2, 0.25) is 0 Å². The van der Waals surface area contributed by atoms with Crippen molar-refractivity contribution in [2.45, 2.75) is 18.2 Å². The van der Waals surface area contributed by atoms with Crippen LogP contribution in [0.3, 0.4) is 0 Å². The van der Waals surface area contributed by atoms with Crippen molar-refractivity contribution in [1.29, 1.82) is 0 Å². The zero-order valence-corrected chi connectivity index (χ0v) is 14.3. The maximum Gasteiger partial charge on any atom is 0.201 e. The summed E-state index contributed by atoms with van der Waals surface area (Å²) < 4.78 is 1.12. The Kier molecular flexibility index (Phi) is 3.79. The Hall–Kier alpha value is -1.91. The van der Waals surface area contributed by atoms with E-state index in [2.05, 4.69) is 13.0 Å². The third-order valence-corrected chi connectivity index (χ3v) is 6.40. The van der Waals surface area contributed by atoms with Gasteiger partial charge in [0.1, 0.15) is 0 Å². The van der Waals surface area contributed by atoms with Crippen molar-refractivity contribution in [3.05, 3.63) is 58.8 Å². The van der Waals surface area contributed by atoms with Gasteiger partial charge in [-0.3, -0.25) is 4.79 Å². The lowest BCUT2D eigenvalue weighted by Crippen LogP contribution is -2.08. The van der Waals surface area contributed by atoms with E-state index in [-0.39, 0.29) is 5.43 Å². The molecule has 4 rings (SSSR count). The monoisotopic (exact) mass is 337 g/mol. The summed E-state index contributed by atoms with van der Waals surface area (Å²) in [6, 6.07) is 15.9. The van der Waals surface area contributed by atoms with Gasteiger partial charge < -0.3 is 0 Å². The first kappa shape index (κ1) is 14.7. The normalized spacial score (nSPS) is 11.5. The smallest absolute Gasteiger partial charge is 0.201 e.